The van der Waals surface area contributed by atoms with Crippen LogP contribution in [0.25, 0.3) is 5.69 Å². The number of hydrogen-bond donors (Lipinski definition) is 1. The number of nitrogens with zero attached hydrogens (tertiary/aromatic N) is 5. The molecule has 0 saturated carbocycles. The van der Waals surface area contributed by atoms with Crippen LogP contribution in [0.1, 0.15) is 22.4 Å². The second kappa shape index (κ2) is 7.58. The van der Waals surface area contributed by atoms with Crippen molar-refractivity contribution in [2.24, 2.45) is 5.92 Å². The standard InChI is InChI=1S/C21H25N5O/c1-15-3-4-20(7-16(15)2)26-12-17(9-24-26)11-25-13-18(21(27)14-25)8-19-10-22-5-6-23-19/h3-7,9-10,12,18,21,27H,8,11,13-14H2,1-2H3/t18-,21-/m1/s1. The number of benzene rings is 1. The predicted octanol–water partition coefficient (Wildman–Crippen LogP) is 2.31. The van der Waals surface area contributed by atoms with Crippen molar-refractivity contribution in [2.75, 3.05) is 13.1 Å². The van der Waals surface area contributed by atoms with E-state index >= 15 is 0 Å². The lowest BCUT2D eigenvalue weighted by Gasteiger charge is -2.14. The number of rotatable bonds is 5. The van der Waals surface area contributed by atoms with E-state index in [1.165, 1.54) is 11.1 Å². The van der Waals surface area contributed by atoms with E-state index in [0.717, 1.165) is 36.5 Å². The third-order valence-electron chi connectivity index (χ3n) is 5.37. The number of β-amino-alcohol motifs (C(OH)–C–C–N with tert-alkyl or cyclic N) is 1. The number of hydrogen-bond acceptors (Lipinski definition) is 5. The Bertz CT molecular complexity index is 908. The van der Waals surface area contributed by atoms with Crippen LogP contribution in [-0.4, -0.2) is 48.9 Å². The van der Waals surface area contributed by atoms with Crippen LogP contribution in [-0.2, 0) is 13.0 Å². The van der Waals surface area contributed by atoms with E-state index in [2.05, 4.69) is 58.2 Å². The SMILES string of the molecule is Cc1ccc(-n2cc(CN3C[C@@H](Cc4cnccn4)[C@H](O)C3)cn2)cc1C. The summed E-state index contributed by atoms with van der Waals surface area (Å²) in [5.74, 6) is 0.191. The number of aryl methyl sites for hydroxylation is 2. The Hall–Kier alpha value is -2.57. The summed E-state index contributed by atoms with van der Waals surface area (Å²) in [7, 11) is 0. The Morgan fingerprint density at radius 2 is 2.00 bits per heavy atom. The summed E-state index contributed by atoms with van der Waals surface area (Å²) in [6.07, 6.45) is 9.58. The zero-order valence-electron chi connectivity index (χ0n) is 15.8. The highest BCUT2D eigenvalue weighted by Gasteiger charge is 2.31. The zero-order valence-corrected chi connectivity index (χ0v) is 15.8. The molecule has 0 spiro atoms. The van der Waals surface area contributed by atoms with Crippen LogP contribution in [0.3, 0.4) is 0 Å². The lowest BCUT2D eigenvalue weighted by Crippen LogP contribution is -2.21. The minimum atomic E-state index is -0.332. The molecule has 4 rings (SSSR count). The van der Waals surface area contributed by atoms with Gasteiger partial charge in [0, 0.05) is 55.9 Å². The maximum Gasteiger partial charge on any atom is 0.0711 e. The van der Waals surface area contributed by atoms with E-state index in [9.17, 15) is 5.11 Å². The summed E-state index contributed by atoms with van der Waals surface area (Å²) in [4.78, 5) is 10.7. The summed E-state index contributed by atoms with van der Waals surface area (Å²) in [6.45, 7) is 6.56. The molecular formula is C21H25N5O. The average Bonchev–Trinajstić information content (AvgIpc) is 3.25. The molecule has 3 heterocycles. The van der Waals surface area contributed by atoms with Gasteiger partial charge in [-0.2, -0.15) is 5.10 Å². The maximum atomic E-state index is 10.4. The Balaban J connectivity index is 1.40. The smallest absolute Gasteiger partial charge is 0.0711 e. The van der Waals surface area contributed by atoms with Gasteiger partial charge in [-0.15, -0.1) is 0 Å². The third-order valence-corrected chi connectivity index (χ3v) is 5.37. The minimum Gasteiger partial charge on any atom is -0.391 e. The highest BCUT2D eigenvalue weighted by molar-refractivity contribution is 5.39. The van der Waals surface area contributed by atoms with Crippen LogP contribution in [0.2, 0.25) is 0 Å². The molecule has 1 aliphatic rings. The van der Waals surface area contributed by atoms with Crippen molar-refractivity contribution < 1.29 is 5.11 Å². The monoisotopic (exact) mass is 363 g/mol. The molecule has 2 aromatic heterocycles. The summed E-state index contributed by atoms with van der Waals surface area (Å²) in [5.41, 5.74) is 5.71. The van der Waals surface area contributed by atoms with Gasteiger partial charge in [-0.05, 0) is 43.5 Å². The maximum absolute atomic E-state index is 10.4. The summed E-state index contributed by atoms with van der Waals surface area (Å²) >= 11 is 0. The van der Waals surface area contributed by atoms with E-state index in [4.69, 9.17) is 0 Å². The molecule has 0 bridgehead atoms. The molecule has 0 amide bonds. The van der Waals surface area contributed by atoms with Crippen molar-refractivity contribution in [2.45, 2.75) is 32.9 Å². The number of aliphatic hydroxyl groups excluding tert-OH is 1. The molecule has 6 nitrogen and oxygen atoms in total. The molecule has 6 heteroatoms. The van der Waals surface area contributed by atoms with Gasteiger partial charge in [-0.25, -0.2) is 4.68 Å². The van der Waals surface area contributed by atoms with Gasteiger partial charge in [0.1, 0.15) is 0 Å². The first-order valence-electron chi connectivity index (χ1n) is 9.35. The van der Waals surface area contributed by atoms with E-state index in [1.807, 2.05) is 10.9 Å². The summed E-state index contributed by atoms with van der Waals surface area (Å²) in [5, 5.41) is 14.9. The van der Waals surface area contributed by atoms with Crippen molar-refractivity contribution in [1.29, 1.82) is 0 Å². The van der Waals surface area contributed by atoms with Gasteiger partial charge in [-0.1, -0.05) is 6.07 Å². The Morgan fingerprint density at radius 3 is 2.78 bits per heavy atom. The minimum absolute atomic E-state index is 0.191. The second-order valence-corrected chi connectivity index (χ2v) is 7.48. The summed E-state index contributed by atoms with van der Waals surface area (Å²) in [6, 6.07) is 6.37. The molecule has 27 heavy (non-hydrogen) atoms. The summed E-state index contributed by atoms with van der Waals surface area (Å²) < 4.78 is 1.92. The van der Waals surface area contributed by atoms with Crippen molar-refractivity contribution in [3.63, 3.8) is 0 Å². The average molecular weight is 363 g/mol. The molecule has 1 fully saturated rings. The van der Waals surface area contributed by atoms with E-state index in [1.54, 1.807) is 18.6 Å². The van der Waals surface area contributed by atoms with Gasteiger partial charge < -0.3 is 5.11 Å². The van der Waals surface area contributed by atoms with Crippen LogP contribution in [0.4, 0.5) is 0 Å². The first-order valence-corrected chi connectivity index (χ1v) is 9.35. The predicted molar refractivity (Wildman–Crippen MR) is 104 cm³/mol. The molecular weight excluding hydrogens is 338 g/mol. The quantitative estimate of drug-likeness (QED) is 0.753. The van der Waals surface area contributed by atoms with Crippen LogP contribution in [0.15, 0.2) is 49.2 Å². The number of aliphatic hydroxyl groups is 1. The fourth-order valence-corrected chi connectivity index (χ4v) is 3.68. The normalized spacial score (nSPS) is 20.3. The highest BCUT2D eigenvalue weighted by Crippen LogP contribution is 2.23. The Morgan fingerprint density at radius 1 is 1.11 bits per heavy atom. The molecule has 1 aromatic carbocycles. The highest BCUT2D eigenvalue weighted by atomic mass is 16.3. The third kappa shape index (κ3) is 4.07. The lowest BCUT2D eigenvalue weighted by atomic mass is 10.0. The van der Waals surface area contributed by atoms with Crippen molar-refractivity contribution in [3.05, 3.63) is 71.6 Å². The fourth-order valence-electron chi connectivity index (χ4n) is 3.68. The first kappa shape index (κ1) is 17.8. The molecule has 1 aliphatic heterocycles. The zero-order chi connectivity index (χ0) is 18.8. The van der Waals surface area contributed by atoms with E-state index < -0.39 is 0 Å². The second-order valence-electron chi connectivity index (χ2n) is 7.48. The van der Waals surface area contributed by atoms with Gasteiger partial charge >= 0.3 is 0 Å². The topological polar surface area (TPSA) is 67.1 Å². The van der Waals surface area contributed by atoms with Gasteiger partial charge in [0.05, 0.1) is 23.7 Å². The van der Waals surface area contributed by atoms with Gasteiger partial charge in [0.15, 0.2) is 0 Å². The van der Waals surface area contributed by atoms with Crippen molar-refractivity contribution >= 4 is 0 Å². The van der Waals surface area contributed by atoms with Crippen LogP contribution >= 0.6 is 0 Å². The molecule has 2 atom stereocenters. The molecule has 140 valence electrons. The van der Waals surface area contributed by atoms with Crippen LogP contribution in [0.5, 0.6) is 0 Å². The van der Waals surface area contributed by atoms with E-state index in [-0.39, 0.29) is 12.0 Å². The van der Waals surface area contributed by atoms with Crippen molar-refractivity contribution in [1.82, 2.24) is 24.6 Å². The molecule has 0 aliphatic carbocycles. The van der Waals surface area contributed by atoms with Gasteiger partial charge in [0.2, 0.25) is 0 Å². The van der Waals surface area contributed by atoms with E-state index in [0.29, 0.717) is 6.54 Å². The Labute approximate surface area is 159 Å². The largest absolute Gasteiger partial charge is 0.391 e. The van der Waals surface area contributed by atoms with Crippen molar-refractivity contribution in [3.8, 4) is 5.69 Å². The number of aromatic nitrogens is 4. The fraction of sp³-hybridized carbons (Fsp3) is 0.381. The lowest BCUT2D eigenvalue weighted by molar-refractivity contribution is 0.140. The number of likely N-dealkylation sites (tertiary alicyclic amines) is 1. The molecule has 0 unspecified atom stereocenters. The van der Waals surface area contributed by atoms with Crippen LogP contribution < -0.4 is 0 Å². The molecule has 1 N–H and O–H groups in total. The molecule has 0 radical (unpaired) electrons. The first-order chi connectivity index (χ1) is 13.1. The van der Waals surface area contributed by atoms with Crippen LogP contribution in [0, 0.1) is 19.8 Å². The van der Waals surface area contributed by atoms with Gasteiger partial charge in [0.25, 0.3) is 0 Å². The Kier molecular flexibility index (Phi) is 5.01. The molecule has 3 aromatic rings. The molecule has 1 saturated heterocycles. The van der Waals surface area contributed by atoms with Gasteiger partial charge in [-0.3, -0.25) is 14.9 Å².